The van der Waals surface area contributed by atoms with Crippen molar-refractivity contribution in [3.63, 3.8) is 0 Å². The molecule has 6 nitrogen and oxygen atoms in total. The van der Waals surface area contributed by atoms with Gasteiger partial charge in [-0.05, 0) is 39.5 Å². The molecule has 0 spiro atoms. The molecule has 0 bridgehead atoms. The van der Waals surface area contributed by atoms with E-state index in [0.29, 0.717) is 32.5 Å². The number of carbonyl (C=O) groups is 2. The topological polar surface area (TPSA) is 70.1 Å². The molecule has 6 heteroatoms. The summed E-state index contributed by atoms with van der Waals surface area (Å²) in [6.07, 6.45) is 3.21. The highest BCUT2D eigenvalue weighted by atomic mass is 16.5. The second-order valence-electron chi connectivity index (χ2n) is 6.05. The Bertz CT molecular complexity index is 386. The van der Waals surface area contributed by atoms with Crippen molar-refractivity contribution >= 4 is 12.0 Å². The molecule has 0 aromatic rings. The molecule has 2 rings (SSSR count). The molecule has 3 atom stereocenters. The minimum Gasteiger partial charge on any atom is -0.481 e. The fourth-order valence-electron chi connectivity index (χ4n) is 3.35. The van der Waals surface area contributed by atoms with Crippen LogP contribution in [-0.4, -0.2) is 65.3 Å². The highest BCUT2D eigenvalue weighted by Crippen LogP contribution is 2.25. The van der Waals surface area contributed by atoms with Crippen molar-refractivity contribution in [2.45, 2.75) is 51.7 Å². The number of rotatable bonds is 3. The maximum absolute atomic E-state index is 12.6. The smallest absolute Gasteiger partial charge is 0.320 e. The van der Waals surface area contributed by atoms with Crippen LogP contribution in [-0.2, 0) is 9.53 Å². The summed E-state index contributed by atoms with van der Waals surface area (Å²) in [5, 5.41) is 9.09. The zero-order valence-corrected chi connectivity index (χ0v) is 13.0. The van der Waals surface area contributed by atoms with Crippen LogP contribution in [0.4, 0.5) is 4.79 Å². The Hall–Kier alpha value is -1.30. The van der Waals surface area contributed by atoms with Gasteiger partial charge in [-0.2, -0.15) is 0 Å². The van der Waals surface area contributed by atoms with Crippen LogP contribution in [0.1, 0.15) is 39.5 Å². The lowest BCUT2D eigenvalue weighted by Crippen LogP contribution is -2.54. The zero-order chi connectivity index (χ0) is 15.4. The van der Waals surface area contributed by atoms with E-state index in [0.717, 1.165) is 19.4 Å². The predicted octanol–water partition coefficient (Wildman–Crippen LogP) is 1.79. The lowest BCUT2D eigenvalue weighted by atomic mass is 9.92. The summed E-state index contributed by atoms with van der Waals surface area (Å²) in [5.41, 5.74) is 0. The maximum Gasteiger partial charge on any atom is 0.320 e. The Morgan fingerprint density at radius 1 is 1.29 bits per heavy atom. The van der Waals surface area contributed by atoms with E-state index in [1.165, 1.54) is 0 Å². The molecule has 1 N–H and O–H groups in total. The number of hydrogen-bond acceptors (Lipinski definition) is 3. The molecule has 21 heavy (non-hydrogen) atoms. The lowest BCUT2D eigenvalue weighted by Gasteiger charge is -2.41. The van der Waals surface area contributed by atoms with Crippen LogP contribution in [0.5, 0.6) is 0 Å². The molecule has 2 aliphatic heterocycles. The van der Waals surface area contributed by atoms with Crippen molar-refractivity contribution in [3.8, 4) is 0 Å². The Labute approximate surface area is 126 Å². The van der Waals surface area contributed by atoms with E-state index in [1.54, 1.807) is 0 Å². The number of aliphatic carboxylic acids is 1. The first-order valence-electron chi connectivity index (χ1n) is 7.92. The first-order chi connectivity index (χ1) is 10.0. The largest absolute Gasteiger partial charge is 0.481 e. The molecule has 0 aliphatic carbocycles. The molecule has 0 aromatic carbocycles. The van der Waals surface area contributed by atoms with E-state index in [2.05, 4.69) is 0 Å². The van der Waals surface area contributed by atoms with E-state index in [9.17, 15) is 9.59 Å². The van der Waals surface area contributed by atoms with Crippen molar-refractivity contribution in [1.82, 2.24) is 9.80 Å². The van der Waals surface area contributed by atoms with Crippen LogP contribution in [0, 0.1) is 5.92 Å². The number of piperidine rings is 2. The monoisotopic (exact) mass is 298 g/mol. The molecular formula is C15H26N2O4. The molecule has 2 amide bonds. The minimum absolute atomic E-state index is 0.0141. The number of carbonyl (C=O) groups excluding carboxylic acids is 1. The van der Waals surface area contributed by atoms with Crippen molar-refractivity contribution in [2.24, 2.45) is 5.92 Å². The summed E-state index contributed by atoms with van der Waals surface area (Å²) >= 11 is 0. The Balaban J connectivity index is 1.92. The van der Waals surface area contributed by atoms with Gasteiger partial charge in [0.25, 0.3) is 0 Å². The summed E-state index contributed by atoms with van der Waals surface area (Å²) in [6, 6.07) is 0.0237. The number of likely N-dealkylation sites (tertiary alicyclic amines) is 2. The summed E-state index contributed by atoms with van der Waals surface area (Å²) in [6.45, 7) is 6.54. The van der Waals surface area contributed by atoms with Crippen LogP contribution >= 0.6 is 0 Å². The number of ether oxygens (including phenoxy) is 1. The van der Waals surface area contributed by atoms with Gasteiger partial charge in [-0.1, -0.05) is 0 Å². The minimum atomic E-state index is -0.747. The first-order valence-corrected chi connectivity index (χ1v) is 7.92. The molecule has 2 fully saturated rings. The average molecular weight is 298 g/mol. The van der Waals surface area contributed by atoms with Gasteiger partial charge in [-0.15, -0.1) is 0 Å². The van der Waals surface area contributed by atoms with Crippen LogP contribution < -0.4 is 0 Å². The number of carboxylic acids is 1. The highest BCUT2D eigenvalue weighted by molar-refractivity contribution is 5.76. The zero-order valence-electron chi connectivity index (χ0n) is 13.0. The number of carboxylic acid groups (broad SMARTS) is 1. The fourth-order valence-corrected chi connectivity index (χ4v) is 3.35. The number of amides is 2. The van der Waals surface area contributed by atoms with Crippen molar-refractivity contribution in [1.29, 1.82) is 0 Å². The van der Waals surface area contributed by atoms with Gasteiger partial charge in [0, 0.05) is 32.3 Å². The van der Waals surface area contributed by atoms with Gasteiger partial charge < -0.3 is 19.6 Å². The predicted molar refractivity (Wildman–Crippen MR) is 78.1 cm³/mol. The Kier molecular flexibility index (Phi) is 5.45. The molecule has 120 valence electrons. The second kappa shape index (κ2) is 7.11. The van der Waals surface area contributed by atoms with Crippen molar-refractivity contribution < 1.29 is 19.4 Å². The molecular weight excluding hydrogens is 272 g/mol. The molecule has 0 saturated carbocycles. The van der Waals surface area contributed by atoms with Crippen molar-refractivity contribution in [3.05, 3.63) is 0 Å². The molecule has 3 unspecified atom stereocenters. The number of nitrogens with zero attached hydrogens (tertiary/aromatic N) is 2. The van der Waals surface area contributed by atoms with Gasteiger partial charge in [-0.3, -0.25) is 4.79 Å². The third kappa shape index (κ3) is 3.87. The SMILES string of the molecule is CCOC1CCCN(C(=O)N2CCC(C(=O)O)CC2C)C1. The van der Waals surface area contributed by atoms with E-state index in [1.807, 2.05) is 23.6 Å². The average Bonchev–Trinajstić information content (AvgIpc) is 2.47. The van der Waals surface area contributed by atoms with Gasteiger partial charge in [0.1, 0.15) is 0 Å². The third-order valence-electron chi connectivity index (χ3n) is 4.52. The summed E-state index contributed by atoms with van der Waals surface area (Å²) in [7, 11) is 0. The van der Waals surface area contributed by atoms with Gasteiger partial charge in [0.2, 0.25) is 0 Å². The molecule has 2 saturated heterocycles. The standard InChI is InChI=1S/C15H26N2O4/c1-3-21-13-5-4-7-16(10-13)15(20)17-8-6-12(14(18)19)9-11(17)2/h11-13H,3-10H2,1-2H3,(H,18,19). The van der Waals surface area contributed by atoms with Gasteiger partial charge in [0.05, 0.1) is 12.0 Å². The third-order valence-corrected chi connectivity index (χ3v) is 4.52. The maximum atomic E-state index is 12.6. The first kappa shape index (κ1) is 16.1. The lowest BCUT2D eigenvalue weighted by molar-refractivity contribution is -0.143. The quantitative estimate of drug-likeness (QED) is 0.862. The van der Waals surface area contributed by atoms with Crippen LogP contribution in [0.25, 0.3) is 0 Å². The fraction of sp³-hybridized carbons (Fsp3) is 0.867. The molecule has 0 radical (unpaired) electrons. The molecule has 2 aliphatic rings. The van der Waals surface area contributed by atoms with Gasteiger partial charge in [-0.25, -0.2) is 4.79 Å². The second-order valence-corrected chi connectivity index (χ2v) is 6.05. The van der Waals surface area contributed by atoms with Crippen LogP contribution in [0.2, 0.25) is 0 Å². The summed E-state index contributed by atoms with van der Waals surface area (Å²) < 4.78 is 5.64. The summed E-state index contributed by atoms with van der Waals surface area (Å²) in [5.74, 6) is -1.06. The molecule has 0 aromatic heterocycles. The number of hydrogen-bond donors (Lipinski definition) is 1. The number of urea groups is 1. The van der Waals surface area contributed by atoms with E-state index in [4.69, 9.17) is 9.84 Å². The van der Waals surface area contributed by atoms with E-state index < -0.39 is 5.97 Å². The van der Waals surface area contributed by atoms with Gasteiger partial charge >= 0.3 is 12.0 Å². The van der Waals surface area contributed by atoms with Crippen LogP contribution in [0.3, 0.4) is 0 Å². The van der Waals surface area contributed by atoms with E-state index in [-0.39, 0.29) is 24.1 Å². The Morgan fingerprint density at radius 2 is 2.05 bits per heavy atom. The Morgan fingerprint density at radius 3 is 2.67 bits per heavy atom. The highest BCUT2D eigenvalue weighted by Gasteiger charge is 2.35. The van der Waals surface area contributed by atoms with Crippen LogP contribution in [0.15, 0.2) is 0 Å². The van der Waals surface area contributed by atoms with Crippen molar-refractivity contribution in [2.75, 3.05) is 26.2 Å². The normalized spacial score (nSPS) is 30.3. The molecule has 2 heterocycles. The van der Waals surface area contributed by atoms with E-state index >= 15 is 0 Å². The summed E-state index contributed by atoms with van der Waals surface area (Å²) in [4.78, 5) is 27.4. The van der Waals surface area contributed by atoms with Gasteiger partial charge in [0.15, 0.2) is 0 Å².